The van der Waals surface area contributed by atoms with Gasteiger partial charge >= 0.3 is 0 Å². The molecule has 2 heterocycles. The fourth-order valence-corrected chi connectivity index (χ4v) is 5.70. The first-order valence-corrected chi connectivity index (χ1v) is 12.3. The van der Waals surface area contributed by atoms with E-state index >= 15 is 0 Å². The van der Waals surface area contributed by atoms with Crippen LogP contribution in [-0.4, -0.2) is 9.97 Å². The quantitative estimate of drug-likeness (QED) is 0.240. The van der Waals surface area contributed by atoms with Gasteiger partial charge in [0.1, 0.15) is 17.5 Å². The maximum absolute atomic E-state index is 6.59. The van der Waals surface area contributed by atoms with Crippen molar-refractivity contribution in [2.75, 3.05) is 0 Å². The summed E-state index contributed by atoms with van der Waals surface area (Å²) in [5.41, 5.74) is 10.8. The van der Waals surface area contributed by atoms with E-state index in [4.69, 9.17) is 9.40 Å². The predicted molar refractivity (Wildman–Crippen MR) is 149 cm³/mol. The molecular formula is C33H24N2O. The third-order valence-electron chi connectivity index (χ3n) is 7.38. The molecule has 0 aliphatic heterocycles. The molecular weight excluding hydrogens is 440 g/mol. The first-order chi connectivity index (χ1) is 17.6. The van der Waals surface area contributed by atoms with E-state index < -0.39 is 0 Å². The van der Waals surface area contributed by atoms with Crippen molar-refractivity contribution >= 4 is 43.6 Å². The van der Waals surface area contributed by atoms with Gasteiger partial charge in [-0.25, -0.2) is 9.97 Å². The zero-order chi connectivity index (χ0) is 24.4. The number of benzene rings is 5. The number of aromatic nitrogens is 2. The van der Waals surface area contributed by atoms with Crippen molar-refractivity contribution in [1.29, 1.82) is 0 Å². The van der Waals surface area contributed by atoms with Crippen molar-refractivity contribution in [1.82, 2.24) is 9.97 Å². The van der Waals surface area contributed by atoms with Gasteiger partial charge in [0.2, 0.25) is 0 Å². The molecule has 0 aliphatic rings. The van der Waals surface area contributed by atoms with Crippen molar-refractivity contribution in [3.05, 3.63) is 108 Å². The predicted octanol–water partition coefficient (Wildman–Crippen LogP) is 8.94. The summed E-state index contributed by atoms with van der Waals surface area (Å²) < 4.78 is 6.59. The van der Waals surface area contributed by atoms with Crippen LogP contribution in [0.15, 0.2) is 95.7 Å². The van der Waals surface area contributed by atoms with Gasteiger partial charge in [-0.2, -0.15) is 0 Å². The van der Waals surface area contributed by atoms with E-state index in [1.807, 2.05) is 0 Å². The average Bonchev–Trinajstić information content (AvgIpc) is 3.27. The minimum Gasteiger partial charge on any atom is -0.455 e. The summed E-state index contributed by atoms with van der Waals surface area (Å²) in [7, 11) is 0. The zero-order valence-corrected chi connectivity index (χ0v) is 20.5. The van der Waals surface area contributed by atoms with Gasteiger partial charge in [0.05, 0.1) is 11.2 Å². The summed E-state index contributed by atoms with van der Waals surface area (Å²) in [6.45, 7) is 6.47. The normalized spacial score (nSPS) is 11.8. The second kappa shape index (κ2) is 7.76. The molecule has 0 saturated heterocycles. The smallest absolute Gasteiger partial charge is 0.144 e. The lowest BCUT2D eigenvalue weighted by molar-refractivity contribution is 0.670. The van der Waals surface area contributed by atoms with Gasteiger partial charge in [0.25, 0.3) is 0 Å². The third-order valence-corrected chi connectivity index (χ3v) is 7.38. The fourth-order valence-electron chi connectivity index (χ4n) is 5.70. The highest BCUT2D eigenvalue weighted by atomic mass is 16.3. The third kappa shape index (κ3) is 2.99. The van der Waals surface area contributed by atoms with Crippen molar-refractivity contribution < 1.29 is 4.42 Å². The lowest BCUT2D eigenvalue weighted by atomic mass is 9.95. The standard InChI is InChI=1S/C33H24N2O/c1-19-8-6-9-20(2)30(19)22-14-15-24-26-12-7-13-27(33(26)36-29(24)17-22)32-28-16-21(3)23-10-4-5-11-25(23)31(28)34-18-35-32/h4-18H,1-3H3. The molecule has 0 atom stereocenters. The molecule has 3 heteroatoms. The minimum absolute atomic E-state index is 0.858. The van der Waals surface area contributed by atoms with E-state index in [1.54, 1.807) is 6.33 Å². The van der Waals surface area contributed by atoms with E-state index in [-0.39, 0.29) is 0 Å². The Labute approximate surface area is 209 Å². The van der Waals surface area contributed by atoms with E-state index in [1.165, 1.54) is 33.2 Å². The molecule has 7 aromatic rings. The summed E-state index contributed by atoms with van der Waals surface area (Å²) in [5, 5.41) is 5.61. The van der Waals surface area contributed by atoms with Crippen LogP contribution < -0.4 is 0 Å². The molecule has 172 valence electrons. The van der Waals surface area contributed by atoms with E-state index in [9.17, 15) is 0 Å². The van der Waals surface area contributed by atoms with Crippen LogP contribution in [0.3, 0.4) is 0 Å². The number of furan rings is 1. The molecule has 0 amide bonds. The Balaban J connectivity index is 1.50. The molecule has 36 heavy (non-hydrogen) atoms. The molecule has 0 unspecified atom stereocenters. The molecule has 0 saturated carbocycles. The van der Waals surface area contributed by atoms with Crippen LogP contribution in [0.5, 0.6) is 0 Å². The molecule has 7 rings (SSSR count). The van der Waals surface area contributed by atoms with Gasteiger partial charge in [-0.1, -0.05) is 60.7 Å². The lowest BCUT2D eigenvalue weighted by Gasteiger charge is -2.10. The van der Waals surface area contributed by atoms with Gasteiger partial charge < -0.3 is 4.42 Å². The Morgan fingerprint density at radius 3 is 2.17 bits per heavy atom. The summed E-state index contributed by atoms with van der Waals surface area (Å²) in [4.78, 5) is 9.44. The van der Waals surface area contributed by atoms with Crippen molar-refractivity contribution in [3.8, 4) is 22.4 Å². The highest BCUT2D eigenvalue weighted by Crippen LogP contribution is 2.40. The van der Waals surface area contributed by atoms with Crippen LogP contribution in [0.1, 0.15) is 16.7 Å². The van der Waals surface area contributed by atoms with Crippen LogP contribution in [0.25, 0.3) is 66.0 Å². The molecule has 0 N–H and O–H groups in total. The number of nitrogens with zero attached hydrogens (tertiary/aromatic N) is 2. The molecule has 2 aromatic heterocycles. The highest BCUT2D eigenvalue weighted by Gasteiger charge is 2.18. The summed E-state index contributed by atoms with van der Waals surface area (Å²) in [6.07, 6.45) is 1.67. The topological polar surface area (TPSA) is 38.9 Å². The number of fused-ring (bicyclic) bond motifs is 6. The monoisotopic (exact) mass is 464 g/mol. The molecule has 3 nitrogen and oxygen atoms in total. The van der Waals surface area contributed by atoms with E-state index in [2.05, 4.69) is 111 Å². The maximum atomic E-state index is 6.59. The molecule has 0 radical (unpaired) electrons. The van der Waals surface area contributed by atoms with Gasteiger partial charge in [-0.15, -0.1) is 0 Å². The molecule has 0 bridgehead atoms. The van der Waals surface area contributed by atoms with E-state index in [0.717, 1.165) is 49.5 Å². The van der Waals surface area contributed by atoms with Crippen molar-refractivity contribution in [3.63, 3.8) is 0 Å². The number of hydrogen-bond acceptors (Lipinski definition) is 3. The average molecular weight is 465 g/mol. The zero-order valence-electron chi connectivity index (χ0n) is 20.5. The minimum atomic E-state index is 0.858. The Morgan fingerprint density at radius 2 is 1.33 bits per heavy atom. The van der Waals surface area contributed by atoms with Crippen LogP contribution in [0.2, 0.25) is 0 Å². The van der Waals surface area contributed by atoms with Crippen LogP contribution in [0, 0.1) is 20.8 Å². The maximum Gasteiger partial charge on any atom is 0.144 e. The van der Waals surface area contributed by atoms with Gasteiger partial charge in [0, 0.05) is 27.1 Å². The number of aryl methyl sites for hydroxylation is 3. The van der Waals surface area contributed by atoms with Gasteiger partial charge in [-0.05, 0) is 78.2 Å². The molecule has 0 spiro atoms. The first kappa shape index (κ1) is 20.8. The molecule has 0 aliphatic carbocycles. The van der Waals surface area contributed by atoms with Gasteiger partial charge in [-0.3, -0.25) is 0 Å². The largest absolute Gasteiger partial charge is 0.455 e. The number of hydrogen-bond donors (Lipinski definition) is 0. The second-order valence-corrected chi connectivity index (χ2v) is 9.62. The lowest BCUT2D eigenvalue weighted by Crippen LogP contribution is -1.92. The first-order valence-electron chi connectivity index (χ1n) is 12.3. The molecule has 0 fully saturated rings. The summed E-state index contributed by atoms with van der Waals surface area (Å²) >= 11 is 0. The van der Waals surface area contributed by atoms with Crippen molar-refractivity contribution in [2.24, 2.45) is 0 Å². The van der Waals surface area contributed by atoms with Crippen LogP contribution in [-0.2, 0) is 0 Å². The van der Waals surface area contributed by atoms with Crippen molar-refractivity contribution in [2.45, 2.75) is 20.8 Å². The Bertz CT molecular complexity index is 1960. The number of para-hydroxylation sites is 1. The fraction of sp³-hybridized carbons (Fsp3) is 0.0909. The van der Waals surface area contributed by atoms with Crippen LogP contribution in [0.4, 0.5) is 0 Å². The summed E-state index contributed by atoms with van der Waals surface area (Å²) in [5.74, 6) is 0. The SMILES string of the molecule is Cc1cccc(C)c1-c1ccc2c(c1)oc1c(-c3ncnc4c3cc(C)c3ccccc34)cccc12. The Hall–Kier alpha value is -4.50. The van der Waals surface area contributed by atoms with E-state index in [0.29, 0.717) is 0 Å². The molecule has 5 aromatic carbocycles. The van der Waals surface area contributed by atoms with Crippen LogP contribution >= 0.6 is 0 Å². The number of rotatable bonds is 2. The highest BCUT2D eigenvalue weighted by molar-refractivity contribution is 6.15. The summed E-state index contributed by atoms with van der Waals surface area (Å²) in [6, 6.07) is 29.9. The second-order valence-electron chi connectivity index (χ2n) is 9.62. The Kier molecular flexibility index (Phi) is 4.49. The Morgan fingerprint density at radius 1 is 0.583 bits per heavy atom. The van der Waals surface area contributed by atoms with Gasteiger partial charge in [0.15, 0.2) is 0 Å².